The van der Waals surface area contributed by atoms with Gasteiger partial charge in [0.05, 0.1) is 13.2 Å². The molecule has 0 aromatic heterocycles. The van der Waals surface area contributed by atoms with Crippen LogP contribution in [0.4, 0.5) is 0 Å². The van der Waals surface area contributed by atoms with Crippen LogP contribution < -0.4 is 10.5 Å². The van der Waals surface area contributed by atoms with Crippen LogP contribution in [0.3, 0.4) is 0 Å². The largest absolute Gasteiger partial charge is 0.493 e. The van der Waals surface area contributed by atoms with Gasteiger partial charge in [0.25, 0.3) is 0 Å². The average Bonchev–Trinajstić information content (AvgIpc) is 2.88. The summed E-state index contributed by atoms with van der Waals surface area (Å²) in [4.78, 5) is 0. The van der Waals surface area contributed by atoms with E-state index in [1.54, 1.807) is 0 Å². The minimum atomic E-state index is 0.0821. The highest BCUT2D eigenvalue weighted by atomic mass is 79.9. The zero-order chi connectivity index (χ0) is 13.3. The molecule has 2 N–H and O–H groups in total. The summed E-state index contributed by atoms with van der Waals surface area (Å²) in [5, 5.41) is 0. The Balaban J connectivity index is 1.90. The molecule has 0 saturated carbocycles. The number of hydrogen-bond donors (Lipinski definition) is 1. The first-order valence-corrected chi connectivity index (χ1v) is 7.74. The second kappa shape index (κ2) is 5.43. The van der Waals surface area contributed by atoms with Gasteiger partial charge in [-0.15, -0.1) is 0 Å². The van der Waals surface area contributed by atoms with Gasteiger partial charge in [-0.1, -0.05) is 15.9 Å². The van der Waals surface area contributed by atoms with E-state index in [1.165, 1.54) is 11.1 Å². The van der Waals surface area contributed by atoms with Crippen molar-refractivity contribution in [3.05, 3.63) is 27.7 Å². The Kier molecular flexibility index (Phi) is 3.83. The lowest BCUT2D eigenvalue weighted by Gasteiger charge is -2.36. The van der Waals surface area contributed by atoms with Crippen molar-refractivity contribution in [2.45, 2.75) is 25.7 Å². The summed E-state index contributed by atoms with van der Waals surface area (Å²) in [6, 6.07) is 4.34. The van der Waals surface area contributed by atoms with Gasteiger partial charge in [-0.25, -0.2) is 0 Å². The van der Waals surface area contributed by atoms with Crippen molar-refractivity contribution in [1.82, 2.24) is 0 Å². The van der Waals surface area contributed by atoms with E-state index < -0.39 is 0 Å². The lowest BCUT2D eigenvalue weighted by Crippen LogP contribution is -2.40. The smallest absolute Gasteiger partial charge is 0.125 e. The monoisotopic (exact) mass is 325 g/mol. The van der Waals surface area contributed by atoms with Crippen LogP contribution in [0.1, 0.15) is 24.0 Å². The van der Waals surface area contributed by atoms with E-state index in [0.717, 1.165) is 55.7 Å². The summed E-state index contributed by atoms with van der Waals surface area (Å²) in [7, 11) is 0. The predicted octanol–water partition coefficient (Wildman–Crippen LogP) is 2.68. The maximum Gasteiger partial charge on any atom is 0.125 e. The summed E-state index contributed by atoms with van der Waals surface area (Å²) in [6.07, 6.45) is 4.21. The molecule has 1 aromatic carbocycles. The standard InChI is InChI=1S/C15H20BrNO2/c16-13-6-11-2-5-19-14(11)12(7-13)8-15(9-17)3-1-4-18-10-15/h6-7H,1-5,8-10,17H2. The van der Waals surface area contributed by atoms with Crippen molar-refractivity contribution in [3.8, 4) is 5.75 Å². The number of halogens is 1. The van der Waals surface area contributed by atoms with E-state index >= 15 is 0 Å². The molecule has 0 bridgehead atoms. The fourth-order valence-corrected chi connectivity index (χ4v) is 3.72. The number of hydrogen-bond acceptors (Lipinski definition) is 3. The number of rotatable bonds is 3. The van der Waals surface area contributed by atoms with Gasteiger partial charge >= 0.3 is 0 Å². The first-order chi connectivity index (χ1) is 9.22. The van der Waals surface area contributed by atoms with Gasteiger partial charge < -0.3 is 15.2 Å². The van der Waals surface area contributed by atoms with Gasteiger partial charge in [-0.3, -0.25) is 0 Å². The van der Waals surface area contributed by atoms with Crippen molar-refractivity contribution in [1.29, 1.82) is 0 Å². The molecule has 4 heteroatoms. The molecule has 2 aliphatic heterocycles. The van der Waals surface area contributed by atoms with Gasteiger partial charge in [0.1, 0.15) is 5.75 Å². The van der Waals surface area contributed by atoms with E-state index in [-0.39, 0.29) is 5.41 Å². The molecule has 1 fully saturated rings. The summed E-state index contributed by atoms with van der Waals surface area (Å²) in [5.74, 6) is 1.08. The Morgan fingerprint density at radius 1 is 1.32 bits per heavy atom. The number of benzene rings is 1. The van der Waals surface area contributed by atoms with E-state index in [2.05, 4.69) is 28.1 Å². The van der Waals surface area contributed by atoms with Gasteiger partial charge in [-0.2, -0.15) is 0 Å². The molecule has 1 unspecified atom stereocenters. The molecule has 3 nitrogen and oxygen atoms in total. The molecule has 0 radical (unpaired) electrons. The molecule has 104 valence electrons. The van der Waals surface area contributed by atoms with Crippen LogP contribution in [0.25, 0.3) is 0 Å². The third-order valence-corrected chi connectivity index (χ3v) is 4.69. The fourth-order valence-electron chi connectivity index (χ4n) is 3.16. The van der Waals surface area contributed by atoms with Gasteiger partial charge in [0.15, 0.2) is 0 Å². The first kappa shape index (κ1) is 13.4. The molecule has 0 amide bonds. The molecule has 2 heterocycles. The maximum absolute atomic E-state index is 6.04. The summed E-state index contributed by atoms with van der Waals surface area (Å²) < 4.78 is 12.6. The van der Waals surface area contributed by atoms with Crippen LogP contribution in [-0.4, -0.2) is 26.4 Å². The minimum Gasteiger partial charge on any atom is -0.493 e. The second-order valence-corrected chi connectivity index (χ2v) is 6.60. The molecule has 3 rings (SSSR count). The van der Waals surface area contributed by atoms with Crippen LogP contribution in [0.5, 0.6) is 5.75 Å². The topological polar surface area (TPSA) is 44.5 Å². The summed E-state index contributed by atoms with van der Waals surface area (Å²) in [6.45, 7) is 3.11. The van der Waals surface area contributed by atoms with Crippen LogP contribution in [0.2, 0.25) is 0 Å². The highest BCUT2D eigenvalue weighted by Crippen LogP contribution is 2.39. The zero-order valence-electron chi connectivity index (χ0n) is 11.1. The van der Waals surface area contributed by atoms with Crippen LogP contribution in [0, 0.1) is 5.41 Å². The van der Waals surface area contributed by atoms with Crippen molar-refractivity contribution < 1.29 is 9.47 Å². The van der Waals surface area contributed by atoms with E-state index in [1.807, 2.05) is 0 Å². The molecular formula is C15H20BrNO2. The Morgan fingerprint density at radius 3 is 2.95 bits per heavy atom. The first-order valence-electron chi connectivity index (χ1n) is 6.94. The van der Waals surface area contributed by atoms with Gasteiger partial charge in [-0.05, 0) is 42.5 Å². The third-order valence-electron chi connectivity index (χ3n) is 4.23. The summed E-state index contributed by atoms with van der Waals surface area (Å²) >= 11 is 3.60. The molecule has 2 aliphatic rings. The highest BCUT2D eigenvalue weighted by molar-refractivity contribution is 9.10. The molecular weight excluding hydrogens is 306 g/mol. The molecule has 0 aliphatic carbocycles. The number of nitrogens with two attached hydrogens (primary N) is 1. The van der Waals surface area contributed by atoms with Crippen molar-refractivity contribution in [2.24, 2.45) is 11.1 Å². The Hall–Kier alpha value is -0.580. The van der Waals surface area contributed by atoms with E-state index in [9.17, 15) is 0 Å². The van der Waals surface area contributed by atoms with E-state index in [0.29, 0.717) is 6.54 Å². The van der Waals surface area contributed by atoms with Crippen molar-refractivity contribution in [2.75, 3.05) is 26.4 Å². The second-order valence-electron chi connectivity index (χ2n) is 5.69. The Bertz CT molecular complexity index is 469. The quantitative estimate of drug-likeness (QED) is 0.929. The van der Waals surface area contributed by atoms with E-state index in [4.69, 9.17) is 15.2 Å². The minimum absolute atomic E-state index is 0.0821. The third kappa shape index (κ3) is 2.67. The Labute approximate surface area is 122 Å². The Morgan fingerprint density at radius 2 is 2.21 bits per heavy atom. The lowest BCUT2D eigenvalue weighted by atomic mass is 9.77. The maximum atomic E-state index is 6.04. The van der Waals surface area contributed by atoms with Crippen LogP contribution in [0.15, 0.2) is 16.6 Å². The summed E-state index contributed by atoms with van der Waals surface area (Å²) in [5.41, 5.74) is 8.71. The zero-order valence-corrected chi connectivity index (χ0v) is 12.7. The predicted molar refractivity (Wildman–Crippen MR) is 78.6 cm³/mol. The normalized spacial score (nSPS) is 26.0. The molecule has 19 heavy (non-hydrogen) atoms. The molecule has 1 saturated heterocycles. The highest BCUT2D eigenvalue weighted by Gasteiger charge is 2.33. The van der Waals surface area contributed by atoms with Gasteiger partial charge in [0.2, 0.25) is 0 Å². The van der Waals surface area contributed by atoms with Crippen molar-refractivity contribution >= 4 is 15.9 Å². The van der Waals surface area contributed by atoms with Crippen molar-refractivity contribution in [3.63, 3.8) is 0 Å². The average molecular weight is 326 g/mol. The SMILES string of the molecule is NCC1(Cc2cc(Br)cc3c2OCC3)CCCOC1. The fraction of sp³-hybridized carbons (Fsp3) is 0.600. The lowest BCUT2D eigenvalue weighted by molar-refractivity contribution is -0.00288. The molecule has 1 atom stereocenters. The molecule has 0 spiro atoms. The molecule has 1 aromatic rings. The van der Waals surface area contributed by atoms with Crippen LogP contribution >= 0.6 is 15.9 Å². The van der Waals surface area contributed by atoms with Crippen LogP contribution in [-0.2, 0) is 17.6 Å². The number of fused-ring (bicyclic) bond motifs is 1. The number of ether oxygens (including phenoxy) is 2. The van der Waals surface area contributed by atoms with Gasteiger partial charge in [0, 0.05) is 29.5 Å².